The van der Waals surface area contributed by atoms with Crippen molar-refractivity contribution in [3.05, 3.63) is 76.8 Å². The Kier molecular flexibility index (Phi) is 5.43. The number of anilines is 1. The second-order valence-corrected chi connectivity index (χ2v) is 6.48. The average molecular weight is 350 g/mol. The minimum Gasteiger partial charge on any atom is -0.360 e. The topological polar surface area (TPSA) is 71.3 Å². The second-order valence-electron chi connectivity index (χ2n) is 6.48. The van der Waals surface area contributed by atoms with Crippen LogP contribution in [0.3, 0.4) is 0 Å². The molecule has 0 fully saturated rings. The van der Waals surface area contributed by atoms with Gasteiger partial charge in [0.2, 0.25) is 0 Å². The quantitative estimate of drug-likeness (QED) is 0.736. The number of aryl methyl sites for hydroxylation is 2. The van der Waals surface area contributed by atoms with Crippen molar-refractivity contribution in [1.82, 2.24) is 15.0 Å². The molecule has 6 heteroatoms. The number of aromatic nitrogens is 2. The zero-order valence-electron chi connectivity index (χ0n) is 15.2. The van der Waals surface area contributed by atoms with E-state index >= 15 is 0 Å². The number of hydrogen-bond acceptors (Lipinski definition) is 5. The third-order valence-corrected chi connectivity index (χ3v) is 3.90. The van der Waals surface area contributed by atoms with Crippen LogP contribution in [0.25, 0.3) is 0 Å². The van der Waals surface area contributed by atoms with E-state index in [-0.39, 0.29) is 5.91 Å². The summed E-state index contributed by atoms with van der Waals surface area (Å²) in [7, 11) is 1.99. The van der Waals surface area contributed by atoms with Gasteiger partial charge in [-0.15, -0.1) is 0 Å². The maximum Gasteiger partial charge on any atom is 0.256 e. The molecule has 0 aliphatic rings. The molecule has 1 aromatic carbocycles. The predicted molar refractivity (Wildman–Crippen MR) is 99.8 cm³/mol. The molecule has 6 nitrogen and oxygen atoms in total. The van der Waals surface area contributed by atoms with E-state index in [1.54, 1.807) is 12.3 Å². The highest BCUT2D eigenvalue weighted by atomic mass is 16.5. The fourth-order valence-electron chi connectivity index (χ4n) is 2.86. The lowest BCUT2D eigenvalue weighted by Crippen LogP contribution is -2.18. The Morgan fingerprint density at radius 1 is 1.15 bits per heavy atom. The molecule has 3 aromatic rings. The molecule has 0 saturated heterocycles. The van der Waals surface area contributed by atoms with E-state index < -0.39 is 0 Å². The molecule has 2 aromatic heterocycles. The van der Waals surface area contributed by atoms with Crippen LogP contribution in [0.5, 0.6) is 0 Å². The highest BCUT2D eigenvalue weighted by Crippen LogP contribution is 2.13. The summed E-state index contributed by atoms with van der Waals surface area (Å²) < 4.78 is 5.13. The summed E-state index contributed by atoms with van der Waals surface area (Å²) in [4.78, 5) is 19.0. The maximum absolute atomic E-state index is 12.5. The van der Waals surface area contributed by atoms with Gasteiger partial charge in [-0.2, -0.15) is 0 Å². The minimum absolute atomic E-state index is 0.165. The number of carbonyl (C=O) groups excluding carboxylic acids is 1. The number of amides is 1. The lowest BCUT2D eigenvalue weighted by atomic mass is 10.1. The van der Waals surface area contributed by atoms with Gasteiger partial charge in [-0.25, -0.2) is 4.98 Å². The van der Waals surface area contributed by atoms with E-state index in [4.69, 9.17) is 4.52 Å². The molecule has 0 radical (unpaired) electrons. The van der Waals surface area contributed by atoms with E-state index in [1.807, 2.05) is 57.3 Å². The first-order valence-corrected chi connectivity index (χ1v) is 8.43. The zero-order valence-corrected chi connectivity index (χ0v) is 15.2. The summed E-state index contributed by atoms with van der Waals surface area (Å²) in [5.41, 5.74) is 3.60. The molecule has 0 atom stereocenters. The number of nitrogens with zero attached hydrogens (tertiary/aromatic N) is 3. The van der Waals surface area contributed by atoms with Gasteiger partial charge in [-0.1, -0.05) is 17.3 Å². The smallest absolute Gasteiger partial charge is 0.256 e. The van der Waals surface area contributed by atoms with E-state index in [1.165, 1.54) is 0 Å². The largest absolute Gasteiger partial charge is 0.360 e. The third-order valence-electron chi connectivity index (χ3n) is 3.90. The molecular weight excluding hydrogens is 328 g/mol. The van der Waals surface area contributed by atoms with Crippen molar-refractivity contribution in [2.75, 3.05) is 12.4 Å². The van der Waals surface area contributed by atoms with Crippen LogP contribution in [0.1, 0.15) is 32.9 Å². The number of carbonyl (C=O) groups is 1. The van der Waals surface area contributed by atoms with Crippen molar-refractivity contribution < 1.29 is 9.32 Å². The summed E-state index contributed by atoms with van der Waals surface area (Å²) in [5.74, 6) is 1.21. The standard InChI is InChI=1S/C20H22N4O2/c1-14-9-15(2)22-19(10-14)23-20(25)17-6-4-5-16(11-17)12-24(3)13-18-7-8-21-26-18/h4-11H,12-13H2,1-3H3,(H,22,23,25). The Labute approximate surface area is 152 Å². The fraction of sp³-hybridized carbons (Fsp3) is 0.250. The van der Waals surface area contributed by atoms with Gasteiger partial charge in [0.05, 0.1) is 12.7 Å². The summed E-state index contributed by atoms with van der Waals surface area (Å²) in [6.07, 6.45) is 1.63. The van der Waals surface area contributed by atoms with Gasteiger partial charge < -0.3 is 9.84 Å². The van der Waals surface area contributed by atoms with Crippen molar-refractivity contribution in [1.29, 1.82) is 0 Å². The number of benzene rings is 1. The second kappa shape index (κ2) is 7.93. The van der Waals surface area contributed by atoms with Crippen molar-refractivity contribution in [2.24, 2.45) is 0 Å². The number of hydrogen-bond donors (Lipinski definition) is 1. The molecule has 26 heavy (non-hydrogen) atoms. The van der Waals surface area contributed by atoms with Crippen LogP contribution < -0.4 is 5.32 Å². The zero-order chi connectivity index (χ0) is 18.5. The van der Waals surface area contributed by atoms with Gasteiger partial charge in [-0.05, 0) is 56.3 Å². The highest BCUT2D eigenvalue weighted by molar-refractivity contribution is 6.03. The lowest BCUT2D eigenvalue weighted by molar-refractivity contribution is 0.102. The van der Waals surface area contributed by atoms with Crippen LogP contribution in [0.15, 0.2) is 53.2 Å². The van der Waals surface area contributed by atoms with Crippen molar-refractivity contribution in [3.8, 4) is 0 Å². The average Bonchev–Trinajstić information content (AvgIpc) is 3.06. The summed E-state index contributed by atoms with van der Waals surface area (Å²) >= 11 is 0. The Hall–Kier alpha value is -2.99. The molecule has 0 aliphatic carbocycles. The maximum atomic E-state index is 12.5. The van der Waals surface area contributed by atoms with E-state index in [0.29, 0.717) is 24.5 Å². The lowest BCUT2D eigenvalue weighted by Gasteiger charge is -2.15. The molecule has 0 spiro atoms. The SMILES string of the molecule is Cc1cc(C)nc(NC(=O)c2cccc(CN(C)Cc3ccno3)c2)c1. The molecule has 0 saturated carbocycles. The van der Waals surface area contributed by atoms with E-state index in [0.717, 1.165) is 22.6 Å². The molecule has 134 valence electrons. The van der Waals surface area contributed by atoms with Crippen molar-refractivity contribution in [3.63, 3.8) is 0 Å². The number of rotatable bonds is 6. The van der Waals surface area contributed by atoms with Crippen molar-refractivity contribution >= 4 is 11.7 Å². The fourth-order valence-corrected chi connectivity index (χ4v) is 2.86. The van der Waals surface area contributed by atoms with E-state index in [9.17, 15) is 4.79 Å². The van der Waals surface area contributed by atoms with Crippen LogP contribution in [0, 0.1) is 13.8 Å². The minimum atomic E-state index is -0.165. The van der Waals surface area contributed by atoms with Crippen LogP contribution in [-0.4, -0.2) is 28.0 Å². The summed E-state index contributed by atoms with van der Waals surface area (Å²) in [6.45, 7) is 5.25. The number of pyridine rings is 1. The molecule has 0 aliphatic heterocycles. The van der Waals surface area contributed by atoms with Gasteiger partial charge in [0, 0.05) is 23.9 Å². The highest BCUT2D eigenvalue weighted by Gasteiger charge is 2.10. The molecule has 0 bridgehead atoms. The van der Waals surface area contributed by atoms with Crippen LogP contribution in [0.4, 0.5) is 5.82 Å². The normalized spacial score (nSPS) is 10.9. The molecule has 3 rings (SSSR count). The Morgan fingerprint density at radius 2 is 2.00 bits per heavy atom. The first kappa shape index (κ1) is 17.8. The monoisotopic (exact) mass is 350 g/mol. The molecule has 1 amide bonds. The molecule has 1 N–H and O–H groups in total. The molecular formula is C20H22N4O2. The third kappa shape index (κ3) is 4.77. The Bertz CT molecular complexity index is 870. The first-order valence-electron chi connectivity index (χ1n) is 8.43. The number of nitrogens with one attached hydrogen (secondary N) is 1. The first-order chi connectivity index (χ1) is 12.5. The van der Waals surface area contributed by atoms with Crippen LogP contribution in [0.2, 0.25) is 0 Å². The Balaban J connectivity index is 1.67. The van der Waals surface area contributed by atoms with Gasteiger partial charge in [-0.3, -0.25) is 9.69 Å². The predicted octanol–water partition coefficient (Wildman–Crippen LogP) is 3.57. The van der Waals surface area contributed by atoms with Gasteiger partial charge in [0.15, 0.2) is 5.76 Å². The molecule has 0 unspecified atom stereocenters. The van der Waals surface area contributed by atoms with Gasteiger partial charge in [0.25, 0.3) is 5.91 Å². The molecule has 2 heterocycles. The summed E-state index contributed by atoms with van der Waals surface area (Å²) in [5, 5.41) is 6.58. The van der Waals surface area contributed by atoms with Gasteiger partial charge in [0.1, 0.15) is 5.82 Å². The van der Waals surface area contributed by atoms with Crippen LogP contribution in [-0.2, 0) is 13.1 Å². The van der Waals surface area contributed by atoms with Gasteiger partial charge >= 0.3 is 0 Å². The summed E-state index contributed by atoms with van der Waals surface area (Å²) in [6, 6.07) is 13.3. The van der Waals surface area contributed by atoms with Crippen LogP contribution >= 0.6 is 0 Å². The van der Waals surface area contributed by atoms with E-state index in [2.05, 4.69) is 20.4 Å². The van der Waals surface area contributed by atoms with Crippen molar-refractivity contribution in [2.45, 2.75) is 26.9 Å². The Morgan fingerprint density at radius 3 is 2.73 bits per heavy atom.